The zero-order valence-electron chi connectivity index (χ0n) is 23.3. The molecule has 1 N–H and O–H groups in total. The van der Waals surface area contributed by atoms with E-state index in [1.807, 2.05) is 19.9 Å². The fourth-order valence-corrected chi connectivity index (χ4v) is 4.64. The third kappa shape index (κ3) is 9.67. The summed E-state index contributed by atoms with van der Waals surface area (Å²) in [5.74, 6) is 0.176. The van der Waals surface area contributed by atoms with E-state index in [1.54, 1.807) is 25.7 Å². The number of nitrogens with one attached hydrogen (secondary N) is 1. The van der Waals surface area contributed by atoms with Gasteiger partial charge in [0.15, 0.2) is 0 Å². The maximum atomic E-state index is 14.0. The van der Waals surface area contributed by atoms with Crippen LogP contribution in [-0.4, -0.2) is 36.5 Å². The molecule has 214 valence electrons. The molecule has 2 aromatic heterocycles. The highest BCUT2D eigenvalue weighted by Gasteiger charge is 2.19. The van der Waals surface area contributed by atoms with Crippen molar-refractivity contribution in [2.24, 2.45) is 10.9 Å². The van der Waals surface area contributed by atoms with E-state index in [-0.39, 0.29) is 29.4 Å². The topological polar surface area (TPSA) is 50.3 Å². The van der Waals surface area contributed by atoms with Crippen molar-refractivity contribution in [3.63, 3.8) is 0 Å². The Kier molecular flexibility index (Phi) is 13.5. The minimum absolute atomic E-state index is 0.0931. The van der Waals surface area contributed by atoms with Crippen LogP contribution in [0.2, 0.25) is 5.02 Å². The maximum Gasteiger partial charge on any atom is 0.387 e. The molecule has 0 atom stereocenters. The number of aliphatic imine (C=N–C) groups is 1. The van der Waals surface area contributed by atoms with Crippen molar-refractivity contribution in [3.05, 3.63) is 63.7 Å². The second kappa shape index (κ2) is 16.3. The van der Waals surface area contributed by atoms with E-state index >= 15 is 0 Å². The lowest BCUT2D eigenvalue weighted by Gasteiger charge is -2.15. The Labute approximate surface area is 233 Å². The van der Waals surface area contributed by atoms with Crippen molar-refractivity contribution in [2.75, 3.05) is 13.7 Å². The molecule has 1 aromatic carbocycles. The predicted octanol–water partition coefficient (Wildman–Crippen LogP) is 9.60. The first-order valence-corrected chi connectivity index (χ1v) is 13.5. The second-order valence-corrected chi connectivity index (χ2v) is 10.0. The normalized spacial score (nSPS) is 13.6. The molecule has 1 aliphatic rings. The van der Waals surface area contributed by atoms with Gasteiger partial charge in [-0.2, -0.15) is 8.78 Å². The minimum Gasteiger partial charge on any atom is -0.434 e. The summed E-state index contributed by atoms with van der Waals surface area (Å²) in [5.41, 5.74) is 4.35. The molecule has 1 aliphatic carbocycles. The van der Waals surface area contributed by atoms with Crippen LogP contribution in [0.3, 0.4) is 0 Å². The van der Waals surface area contributed by atoms with E-state index in [4.69, 9.17) is 11.6 Å². The van der Waals surface area contributed by atoms with Crippen LogP contribution in [-0.2, 0) is 6.42 Å². The molecule has 1 fully saturated rings. The first kappa shape index (κ1) is 32.3. The van der Waals surface area contributed by atoms with E-state index in [1.165, 1.54) is 39.0 Å². The minimum atomic E-state index is -3.04. The van der Waals surface area contributed by atoms with Crippen LogP contribution in [0.15, 0.2) is 41.2 Å². The number of benzene rings is 1. The number of fused-ring (bicyclic) bond motifs is 1. The molecule has 1 saturated carbocycles. The van der Waals surface area contributed by atoms with Crippen molar-refractivity contribution in [2.45, 2.75) is 72.8 Å². The smallest absolute Gasteiger partial charge is 0.387 e. The molecule has 0 saturated heterocycles. The molecule has 0 unspecified atom stereocenters. The number of aromatic nitrogens is 2. The lowest BCUT2D eigenvalue weighted by Crippen LogP contribution is -2.06. The zero-order valence-corrected chi connectivity index (χ0v) is 24.0. The third-order valence-corrected chi connectivity index (χ3v) is 6.76. The standard InChI is InChI=1S/C21H19ClF3N3O.C7H14.C2H5F/c1-11(2)16(10-26-3)13-6-14-12(8-27-20(14)28-9-13)7-15-18(29-21(24)25)5-4-17(23)19(15)22;1-7-5-3-2-4-6-7;1-2-3/h4-6,8-10,21H,7H2,1-3H3,(H,27,28);7H,2-6H2,1H3;2H2,1H3. The summed E-state index contributed by atoms with van der Waals surface area (Å²) in [6.45, 7) is 4.47. The van der Waals surface area contributed by atoms with Crippen molar-refractivity contribution in [1.29, 1.82) is 0 Å². The summed E-state index contributed by atoms with van der Waals surface area (Å²) >= 11 is 6.06. The second-order valence-electron chi connectivity index (χ2n) is 9.64. The van der Waals surface area contributed by atoms with Crippen LogP contribution in [0.5, 0.6) is 5.75 Å². The highest BCUT2D eigenvalue weighted by molar-refractivity contribution is 6.31. The number of allylic oxidation sites excluding steroid dienone is 2. The molecule has 0 radical (unpaired) electrons. The monoisotopic (exact) mass is 567 g/mol. The highest BCUT2D eigenvalue weighted by atomic mass is 35.5. The van der Waals surface area contributed by atoms with Crippen molar-refractivity contribution >= 4 is 34.4 Å². The van der Waals surface area contributed by atoms with Crippen LogP contribution < -0.4 is 4.74 Å². The van der Waals surface area contributed by atoms with Crippen LogP contribution in [0.4, 0.5) is 17.6 Å². The Hall–Kier alpha value is -2.87. The Morgan fingerprint density at radius 1 is 1.23 bits per heavy atom. The number of H-pyrrole nitrogens is 1. The van der Waals surface area contributed by atoms with Gasteiger partial charge in [-0.25, -0.2) is 9.37 Å². The van der Waals surface area contributed by atoms with Gasteiger partial charge in [-0.15, -0.1) is 0 Å². The molecular weight excluding hydrogens is 530 g/mol. The number of hydrogen-bond acceptors (Lipinski definition) is 3. The average molecular weight is 568 g/mol. The van der Waals surface area contributed by atoms with Gasteiger partial charge in [-0.1, -0.05) is 56.2 Å². The Morgan fingerprint density at radius 2 is 1.90 bits per heavy atom. The Morgan fingerprint density at radius 3 is 2.44 bits per heavy atom. The summed E-state index contributed by atoms with van der Waals surface area (Å²) < 4.78 is 54.3. The molecule has 0 spiro atoms. The molecule has 4 rings (SSSR count). The number of alkyl halides is 3. The van der Waals surface area contributed by atoms with Crippen molar-refractivity contribution in [1.82, 2.24) is 9.97 Å². The van der Waals surface area contributed by atoms with Gasteiger partial charge in [0.2, 0.25) is 0 Å². The van der Waals surface area contributed by atoms with E-state index < -0.39 is 12.4 Å². The molecular formula is C30H38ClF4N3O. The molecule has 0 amide bonds. The zero-order chi connectivity index (χ0) is 28.9. The lowest BCUT2D eigenvalue weighted by molar-refractivity contribution is -0.0504. The van der Waals surface area contributed by atoms with Gasteiger partial charge in [0.1, 0.15) is 17.2 Å². The molecule has 3 aromatic rings. The van der Waals surface area contributed by atoms with E-state index in [2.05, 4.69) is 26.6 Å². The summed E-state index contributed by atoms with van der Waals surface area (Å²) in [5, 5.41) is 0.527. The molecule has 0 aliphatic heterocycles. The fourth-order valence-electron chi connectivity index (χ4n) is 4.42. The number of rotatable bonds is 6. The van der Waals surface area contributed by atoms with Gasteiger partial charge in [0.05, 0.1) is 11.7 Å². The predicted molar refractivity (Wildman–Crippen MR) is 154 cm³/mol. The number of ether oxygens (including phenoxy) is 1. The van der Waals surface area contributed by atoms with Gasteiger partial charge < -0.3 is 9.72 Å². The molecule has 2 heterocycles. The van der Waals surface area contributed by atoms with Crippen LogP contribution in [0.25, 0.3) is 16.6 Å². The average Bonchev–Trinajstić information content (AvgIpc) is 3.29. The van der Waals surface area contributed by atoms with Crippen LogP contribution in [0.1, 0.15) is 76.5 Å². The van der Waals surface area contributed by atoms with Gasteiger partial charge in [-0.3, -0.25) is 9.38 Å². The summed E-state index contributed by atoms with van der Waals surface area (Å²) in [6.07, 6.45) is 12.7. The number of halogens is 5. The highest BCUT2D eigenvalue weighted by Crippen LogP contribution is 2.34. The summed E-state index contributed by atoms with van der Waals surface area (Å²) in [6, 6.07) is 4.09. The van der Waals surface area contributed by atoms with E-state index in [0.717, 1.165) is 45.7 Å². The van der Waals surface area contributed by atoms with Gasteiger partial charge >= 0.3 is 6.61 Å². The molecule has 39 heavy (non-hydrogen) atoms. The number of pyridine rings is 1. The largest absolute Gasteiger partial charge is 0.434 e. The third-order valence-electron chi connectivity index (χ3n) is 6.35. The van der Waals surface area contributed by atoms with Crippen molar-refractivity contribution in [3.8, 4) is 5.75 Å². The quantitative estimate of drug-likeness (QED) is 0.238. The maximum absolute atomic E-state index is 14.0. The number of nitrogens with zero attached hydrogens (tertiary/aromatic N) is 2. The summed E-state index contributed by atoms with van der Waals surface area (Å²) in [4.78, 5) is 11.6. The van der Waals surface area contributed by atoms with Gasteiger partial charge in [-0.05, 0) is 56.0 Å². The van der Waals surface area contributed by atoms with E-state index in [0.29, 0.717) is 5.65 Å². The fraction of sp³-hybridized carbons (Fsp3) is 0.467. The number of aromatic amines is 1. The van der Waals surface area contributed by atoms with Crippen LogP contribution in [0, 0.1) is 11.7 Å². The molecule has 9 heteroatoms. The Bertz CT molecular complexity index is 1250. The van der Waals surface area contributed by atoms with E-state index in [9.17, 15) is 17.6 Å². The lowest BCUT2D eigenvalue weighted by atomic mass is 9.91. The first-order chi connectivity index (χ1) is 18.6. The number of hydrogen-bond donors (Lipinski definition) is 1. The van der Waals surface area contributed by atoms with Gasteiger partial charge in [0, 0.05) is 48.6 Å². The molecule has 0 bridgehead atoms. The van der Waals surface area contributed by atoms with Gasteiger partial charge in [0.25, 0.3) is 0 Å². The van der Waals surface area contributed by atoms with Crippen LogP contribution >= 0.6 is 11.6 Å². The molecule has 4 nitrogen and oxygen atoms in total. The SMILES string of the molecule is CC1CCCCC1.CCF.CN=CC(=C(C)C)c1cnc2[nH]cc(Cc3c(OC(F)F)ccc(F)c3Cl)c2c1. The first-order valence-electron chi connectivity index (χ1n) is 13.2. The summed E-state index contributed by atoms with van der Waals surface area (Å²) in [7, 11) is 1.69. The van der Waals surface area contributed by atoms with Crippen molar-refractivity contribution < 1.29 is 22.3 Å². The Balaban J connectivity index is 0.000000450.